The molecule has 0 aliphatic rings. The lowest BCUT2D eigenvalue weighted by atomic mass is 10.2. The van der Waals surface area contributed by atoms with Crippen molar-refractivity contribution in [3.8, 4) is 0 Å². The lowest BCUT2D eigenvalue weighted by Gasteiger charge is -2.06. The van der Waals surface area contributed by atoms with Gasteiger partial charge in [0.15, 0.2) is 5.78 Å². The highest BCUT2D eigenvalue weighted by molar-refractivity contribution is 7.20. The fourth-order valence-electron chi connectivity index (χ4n) is 2.03. The molecule has 3 nitrogen and oxygen atoms in total. The normalized spacial score (nSPS) is 10.7. The van der Waals surface area contributed by atoms with E-state index in [4.69, 9.17) is 0 Å². The first-order chi connectivity index (χ1) is 9.61. The minimum Gasteiger partial charge on any atom is -0.340 e. The van der Waals surface area contributed by atoms with E-state index in [1.165, 1.54) is 16.9 Å². The van der Waals surface area contributed by atoms with E-state index in [1.807, 2.05) is 30.3 Å². The third kappa shape index (κ3) is 2.56. The summed E-state index contributed by atoms with van der Waals surface area (Å²) in [5.74, 6) is 0.876. The summed E-state index contributed by atoms with van der Waals surface area (Å²) in [6.45, 7) is 3.64. The molecule has 3 aromatic rings. The number of ketones is 1. The van der Waals surface area contributed by atoms with Crippen molar-refractivity contribution in [2.24, 2.45) is 0 Å². The summed E-state index contributed by atoms with van der Waals surface area (Å²) in [4.78, 5) is 17.6. The number of fused-ring (bicyclic) bond motifs is 1. The number of benzene rings is 1. The van der Waals surface area contributed by atoms with E-state index in [2.05, 4.69) is 29.4 Å². The maximum atomic E-state index is 11.4. The Morgan fingerprint density at radius 3 is 2.80 bits per heavy atom. The van der Waals surface area contributed by atoms with Gasteiger partial charge < -0.3 is 5.32 Å². The maximum Gasteiger partial charge on any atom is 0.169 e. The molecule has 20 heavy (non-hydrogen) atoms. The van der Waals surface area contributed by atoms with Crippen LogP contribution in [0.1, 0.15) is 22.2 Å². The Labute approximate surface area is 121 Å². The van der Waals surface area contributed by atoms with E-state index >= 15 is 0 Å². The van der Waals surface area contributed by atoms with E-state index in [9.17, 15) is 4.79 Å². The zero-order valence-electron chi connectivity index (χ0n) is 11.3. The van der Waals surface area contributed by atoms with Gasteiger partial charge in [0, 0.05) is 11.1 Å². The second-order valence-electron chi connectivity index (χ2n) is 4.75. The van der Waals surface area contributed by atoms with Crippen LogP contribution in [0.2, 0.25) is 0 Å². The molecule has 0 saturated heterocycles. The van der Waals surface area contributed by atoms with Gasteiger partial charge in [-0.3, -0.25) is 4.79 Å². The molecular formula is C16H14N2OS. The van der Waals surface area contributed by atoms with Gasteiger partial charge in [-0.05, 0) is 49.7 Å². The van der Waals surface area contributed by atoms with Gasteiger partial charge in [0.05, 0.1) is 4.88 Å². The smallest absolute Gasteiger partial charge is 0.169 e. The van der Waals surface area contributed by atoms with Crippen LogP contribution in [-0.2, 0) is 0 Å². The molecule has 0 amide bonds. The van der Waals surface area contributed by atoms with Crippen LogP contribution in [0.25, 0.3) is 10.2 Å². The molecule has 1 N–H and O–H groups in total. The SMILES string of the molecule is CC(=O)c1cc2ccc(Nc3cccc(C)c3)nc2s1. The molecule has 0 aliphatic carbocycles. The number of hydrogen-bond acceptors (Lipinski definition) is 4. The molecule has 3 rings (SSSR count). The summed E-state index contributed by atoms with van der Waals surface area (Å²) >= 11 is 1.43. The largest absolute Gasteiger partial charge is 0.340 e. The number of aromatic nitrogens is 1. The minimum absolute atomic E-state index is 0.0844. The van der Waals surface area contributed by atoms with Crippen LogP contribution < -0.4 is 5.32 Å². The Kier molecular flexibility index (Phi) is 3.24. The number of Topliss-reactive ketones (excluding diaryl/α,β-unsaturated/α-hetero) is 1. The molecule has 0 radical (unpaired) electrons. The van der Waals surface area contributed by atoms with Crippen LogP contribution in [0.4, 0.5) is 11.5 Å². The van der Waals surface area contributed by atoms with Crippen molar-refractivity contribution in [2.45, 2.75) is 13.8 Å². The summed E-state index contributed by atoms with van der Waals surface area (Å²) in [5.41, 5.74) is 2.21. The van der Waals surface area contributed by atoms with E-state index in [1.54, 1.807) is 6.92 Å². The molecule has 0 bridgehead atoms. The number of nitrogens with one attached hydrogen (secondary N) is 1. The van der Waals surface area contributed by atoms with Gasteiger partial charge in [0.25, 0.3) is 0 Å². The molecule has 2 aromatic heterocycles. The quantitative estimate of drug-likeness (QED) is 0.716. The lowest BCUT2D eigenvalue weighted by Crippen LogP contribution is -1.92. The molecule has 0 aliphatic heterocycles. The molecule has 4 heteroatoms. The number of anilines is 2. The Morgan fingerprint density at radius 2 is 2.05 bits per heavy atom. The summed E-state index contributed by atoms with van der Waals surface area (Å²) in [5, 5.41) is 4.30. The molecule has 0 spiro atoms. The molecule has 1 aromatic carbocycles. The zero-order valence-corrected chi connectivity index (χ0v) is 12.1. The highest BCUT2D eigenvalue weighted by Crippen LogP contribution is 2.26. The minimum atomic E-state index is 0.0844. The van der Waals surface area contributed by atoms with Crippen molar-refractivity contribution in [2.75, 3.05) is 5.32 Å². The summed E-state index contributed by atoms with van der Waals surface area (Å²) < 4.78 is 0. The predicted molar refractivity (Wildman–Crippen MR) is 84.1 cm³/mol. The summed E-state index contributed by atoms with van der Waals surface area (Å²) in [7, 11) is 0. The number of carbonyl (C=O) groups is 1. The average molecular weight is 282 g/mol. The summed E-state index contributed by atoms with van der Waals surface area (Å²) in [6, 6.07) is 14.0. The number of aryl methyl sites for hydroxylation is 1. The monoisotopic (exact) mass is 282 g/mol. The van der Waals surface area contributed by atoms with Gasteiger partial charge in [-0.15, -0.1) is 11.3 Å². The zero-order chi connectivity index (χ0) is 14.1. The molecule has 100 valence electrons. The fraction of sp³-hybridized carbons (Fsp3) is 0.125. The van der Waals surface area contributed by atoms with E-state index in [0.717, 1.165) is 26.6 Å². The third-order valence-electron chi connectivity index (χ3n) is 3.02. The first kappa shape index (κ1) is 12.8. The summed E-state index contributed by atoms with van der Waals surface area (Å²) in [6.07, 6.45) is 0. The first-order valence-corrected chi connectivity index (χ1v) is 7.19. The number of pyridine rings is 1. The molecule has 0 unspecified atom stereocenters. The van der Waals surface area contributed by atoms with Crippen LogP contribution >= 0.6 is 11.3 Å². The Morgan fingerprint density at radius 1 is 1.20 bits per heavy atom. The predicted octanol–water partition coefficient (Wildman–Crippen LogP) is 4.55. The van der Waals surface area contributed by atoms with Gasteiger partial charge in [-0.2, -0.15) is 0 Å². The lowest BCUT2D eigenvalue weighted by molar-refractivity contribution is 0.102. The van der Waals surface area contributed by atoms with Crippen molar-refractivity contribution in [1.29, 1.82) is 0 Å². The van der Waals surface area contributed by atoms with Crippen molar-refractivity contribution < 1.29 is 4.79 Å². The van der Waals surface area contributed by atoms with E-state index < -0.39 is 0 Å². The van der Waals surface area contributed by atoms with Crippen LogP contribution in [0, 0.1) is 6.92 Å². The Balaban J connectivity index is 1.94. The Bertz CT molecular complexity index is 792. The van der Waals surface area contributed by atoms with Gasteiger partial charge in [0.1, 0.15) is 10.6 Å². The van der Waals surface area contributed by atoms with Crippen LogP contribution in [-0.4, -0.2) is 10.8 Å². The molecule has 0 fully saturated rings. The van der Waals surface area contributed by atoms with Crippen molar-refractivity contribution in [3.63, 3.8) is 0 Å². The highest BCUT2D eigenvalue weighted by atomic mass is 32.1. The van der Waals surface area contributed by atoms with Crippen LogP contribution in [0.15, 0.2) is 42.5 Å². The second kappa shape index (κ2) is 5.06. The highest BCUT2D eigenvalue weighted by Gasteiger charge is 2.07. The van der Waals surface area contributed by atoms with Crippen LogP contribution in [0.5, 0.6) is 0 Å². The van der Waals surface area contributed by atoms with Gasteiger partial charge in [-0.25, -0.2) is 4.98 Å². The fourth-order valence-corrected chi connectivity index (χ4v) is 2.96. The number of nitrogens with zero attached hydrogens (tertiary/aromatic N) is 1. The van der Waals surface area contributed by atoms with Gasteiger partial charge >= 0.3 is 0 Å². The van der Waals surface area contributed by atoms with E-state index in [0.29, 0.717) is 0 Å². The molecule has 2 heterocycles. The number of hydrogen-bond donors (Lipinski definition) is 1. The average Bonchev–Trinajstić information content (AvgIpc) is 2.82. The number of thiophene rings is 1. The molecular weight excluding hydrogens is 268 g/mol. The number of rotatable bonds is 3. The van der Waals surface area contributed by atoms with Gasteiger partial charge in [0.2, 0.25) is 0 Å². The van der Waals surface area contributed by atoms with Gasteiger partial charge in [-0.1, -0.05) is 12.1 Å². The standard InChI is InChI=1S/C16H14N2OS/c1-10-4-3-5-13(8-10)17-15-7-6-12-9-14(11(2)19)20-16(12)18-15/h3-9H,1-2H3,(H,17,18). The van der Waals surface area contributed by atoms with Crippen molar-refractivity contribution >= 4 is 38.8 Å². The topological polar surface area (TPSA) is 42.0 Å². The number of carbonyl (C=O) groups excluding carboxylic acids is 1. The second-order valence-corrected chi connectivity index (χ2v) is 5.78. The van der Waals surface area contributed by atoms with Crippen LogP contribution in [0.3, 0.4) is 0 Å². The third-order valence-corrected chi connectivity index (χ3v) is 4.17. The molecule has 0 atom stereocenters. The van der Waals surface area contributed by atoms with Crippen molar-refractivity contribution in [3.05, 3.63) is 52.9 Å². The maximum absolute atomic E-state index is 11.4. The Hall–Kier alpha value is -2.20. The first-order valence-electron chi connectivity index (χ1n) is 6.37. The van der Waals surface area contributed by atoms with E-state index in [-0.39, 0.29) is 5.78 Å². The van der Waals surface area contributed by atoms with Crippen molar-refractivity contribution in [1.82, 2.24) is 4.98 Å². The molecule has 0 saturated carbocycles.